The number of ether oxygens (including phenoxy) is 1. The summed E-state index contributed by atoms with van der Waals surface area (Å²) < 4.78 is 5.16. The van der Waals surface area contributed by atoms with E-state index in [2.05, 4.69) is 9.78 Å². The normalized spacial score (nSPS) is 29.6. The Kier molecular flexibility index (Phi) is 3.47. The van der Waals surface area contributed by atoms with Gasteiger partial charge in [0.2, 0.25) is 0 Å². The van der Waals surface area contributed by atoms with Crippen molar-refractivity contribution in [2.24, 2.45) is 0 Å². The van der Waals surface area contributed by atoms with Crippen molar-refractivity contribution in [3.05, 3.63) is 12.2 Å². The number of hydrogen-bond donors (Lipinski definition) is 2. The summed E-state index contributed by atoms with van der Waals surface area (Å²) in [6.07, 6.45) is 2.97. The van der Waals surface area contributed by atoms with E-state index in [1.54, 1.807) is 12.2 Å². The lowest BCUT2D eigenvalue weighted by atomic mass is 10.3. The maximum atomic E-state index is 8.05. The fourth-order valence-corrected chi connectivity index (χ4v) is 0.900. The van der Waals surface area contributed by atoms with Gasteiger partial charge in [-0.3, -0.25) is 10.5 Å². The number of hydrogen-bond acceptors (Lipinski definition) is 5. The molecule has 1 aliphatic rings. The molecule has 0 spiro atoms. The molecule has 0 bridgehead atoms. The molecule has 0 amide bonds. The fraction of sp³-hybridized carbons (Fsp3) is 0.667. The molecule has 0 radical (unpaired) electrons. The molecule has 0 aromatic rings. The summed E-state index contributed by atoms with van der Waals surface area (Å²) in [6, 6.07) is 0. The van der Waals surface area contributed by atoms with E-state index in [1.807, 2.05) is 0 Å². The van der Waals surface area contributed by atoms with Gasteiger partial charge in [0.25, 0.3) is 0 Å². The predicted octanol–water partition coefficient (Wildman–Crippen LogP) is 0.289. The first kappa shape index (κ1) is 8.63. The van der Waals surface area contributed by atoms with Crippen molar-refractivity contribution >= 4 is 0 Å². The number of rotatable bonds is 4. The Hall–Kier alpha value is -0.460. The first-order valence-electron chi connectivity index (χ1n) is 3.23. The average molecular weight is 162 g/mol. The van der Waals surface area contributed by atoms with Crippen LogP contribution in [0.2, 0.25) is 0 Å². The lowest BCUT2D eigenvalue weighted by Gasteiger charge is -2.10. The third kappa shape index (κ3) is 2.57. The molecule has 1 heterocycles. The van der Waals surface area contributed by atoms with E-state index in [4.69, 9.17) is 15.3 Å². The van der Waals surface area contributed by atoms with Crippen molar-refractivity contribution in [2.75, 3.05) is 13.2 Å². The van der Waals surface area contributed by atoms with Crippen LogP contribution >= 0.6 is 0 Å². The van der Waals surface area contributed by atoms with Gasteiger partial charge in [0, 0.05) is 0 Å². The molecular weight excluding hydrogens is 152 g/mol. The molecular formula is C6H10O5. The Labute approximate surface area is 63.7 Å². The molecule has 1 unspecified atom stereocenters. The van der Waals surface area contributed by atoms with Crippen LogP contribution in [-0.2, 0) is 14.5 Å². The molecule has 1 rings (SSSR count). The van der Waals surface area contributed by atoms with Crippen molar-refractivity contribution < 1.29 is 25.0 Å². The van der Waals surface area contributed by atoms with E-state index >= 15 is 0 Å². The van der Waals surface area contributed by atoms with Crippen molar-refractivity contribution in [3.63, 3.8) is 0 Å². The van der Waals surface area contributed by atoms with Gasteiger partial charge in [0.05, 0.1) is 0 Å². The predicted molar refractivity (Wildman–Crippen MR) is 35.0 cm³/mol. The maximum absolute atomic E-state index is 8.05. The maximum Gasteiger partial charge on any atom is 0.112 e. The zero-order valence-electron chi connectivity index (χ0n) is 5.84. The van der Waals surface area contributed by atoms with Crippen molar-refractivity contribution in [1.82, 2.24) is 0 Å². The Morgan fingerprint density at radius 1 is 1.09 bits per heavy atom. The van der Waals surface area contributed by atoms with Crippen LogP contribution in [0.25, 0.3) is 0 Å². The summed E-state index contributed by atoms with van der Waals surface area (Å²) in [4.78, 5) is 7.75. The van der Waals surface area contributed by atoms with Crippen LogP contribution in [0.1, 0.15) is 0 Å². The van der Waals surface area contributed by atoms with E-state index in [0.717, 1.165) is 0 Å². The molecule has 0 saturated heterocycles. The molecule has 2 atom stereocenters. The Morgan fingerprint density at radius 2 is 1.55 bits per heavy atom. The molecule has 1 aliphatic heterocycles. The topological polar surface area (TPSA) is 68.2 Å². The van der Waals surface area contributed by atoms with Crippen molar-refractivity contribution in [2.45, 2.75) is 12.2 Å². The van der Waals surface area contributed by atoms with Crippen molar-refractivity contribution in [1.29, 1.82) is 0 Å². The summed E-state index contributed by atoms with van der Waals surface area (Å²) in [7, 11) is 0. The van der Waals surface area contributed by atoms with E-state index in [1.165, 1.54) is 0 Å². The highest BCUT2D eigenvalue weighted by atomic mass is 17.1. The van der Waals surface area contributed by atoms with Gasteiger partial charge in [-0.2, -0.15) is 0 Å². The van der Waals surface area contributed by atoms with E-state index in [9.17, 15) is 0 Å². The van der Waals surface area contributed by atoms with E-state index in [0.29, 0.717) is 0 Å². The Morgan fingerprint density at radius 3 is 1.91 bits per heavy atom. The van der Waals surface area contributed by atoms with Crippen LogP contribution in [0.5, 0.6) is 0 Å². The summed E-state index contributed by atoms with van der Waals surface area (Å²) >= 11 is 0. The van der Waals surface area contributed by atoms with Gasteiger partial charge >= 0.3 is 0 Å². The SMILES string of the molecule is OOCC1C=C[C@@H](COO)O1. The van der Waals surface area contributed by atoms with Crippen LogP contribution < -0.4 is 0 Å². The van der Waals surface area contributed by atoms with E-state index < -0.39 is 0 Å². The molecule has 0 aromatic carbocycles. The molecule has 0 aromatic heterocycles. The van der Waals surface area contributed by atoms with Gasteiger partial charge in [-0.15, -0.1) is 0 Å². The van der Waals surface area contributed by atoms with Crippen molar-refractivity contribution in [3.8, 4) is 0 Å². The second-order valence-electron chi connectivity index (χ2n) is 2.19. The van der Waals surface area contributed by atoms with Gasteiger partial charge in [0.1, 0.15) is 25.4 Å². The molecule has 5 nitrogen and oxygen atoms in total. The summed E-state index contributed by atoms with van der Waals surface area (Å²) in [6.45, 7) is 0.191. The fourth-order valence-electron chi connectivity index (χ4n) is 0.900. The van der Waals surface area contributed by atoms with Crippen LogP contribution in [-0.4, -0.2) is 35.9 Å². The summed E-state index contributed by atoms with van der Waals surface area (Å²) in [5.41, 5.74) is 0. The van der Waals surface area contributed by atoms with Gasteiger partial charge in [-0.1, -0.05) is 12.2 Å². The van der Waals surface area contributed by atoms with Gasteiger partial charge in [0.15, 0.2) is 0 Å². The highest BCUT2D eigenvalue weighted by molar-refractivity contribution is 5.01. The minimum atomic E-state index is -0.250. The largest absolute Gasteiger partial charge is 0.362 e. The molecule has 0 aliphatic carbocycles. The first-order chi connectivity index (χ1) is 5.36. The summed E-state index contributed by atoms with van der Waals surface area (Å²) in [5.74, 6) is 0. The highest BCUT2D eigenvalue weighted by Gasteiger charge is 2.19. The quantitative estimate of drug-likeness (QED) is 0.353. The van der Waals surface area contributed by atoms with E-state index in [-0.39, 0.29) is 25.4 Å². The monoisotopic (exact) mass is 162 g/mol. The smallest absolute Gasteiger partial charge is 0.112 e. The first-order valence-corrected chi connectivity index (χ1v) is 3.23. The molecule has 5 heteroatoms. The third-order valence-electron chi connectivity index (χ3n) is 1.37. The zero-order chi connectivity index (χ0) is 8.10. The average Bonchev–Trinajstić information content (AvgIpc) is 2.38. The molecule has 11 heavy (non-hydrogen) atoms. The Balaban J connectivity index is 2.19. The third-order valence-corrected chi connectivity index (χ3v) is 1.37. The standard InChI is InChI=1S/C6H10O5/c7-9-3-5-1-2-6(11-5)4-10-8/h1-2,5-8H,3-4H2/t5-,6?/m0/s1. The zero-order valence-corrected chi connectivity index (χ0v) is 5.84. The van der Waals surface area contributed by atoms with Gasteiger partial charge in [-0.25, -0.2) is 9.78 Å². The highest BCUT2D eigenvalue weighted by Crippen LogP contribution is 2.11. The lowest BCUT2D eigenvalue weighted by molar-refractivity contribution is -0.271. The van der Waals surface area contributed by atoms with Crippen LogP contribution in [0.15, 0.2) is 12.2 Å². The second-order valence-corrected chi connectivity index (χ2v) is 2.19. The Bertz CT molecular complexity index is 121. The molecule has 0 fully saturated rings. The molecule has 64 valence electrons. The van der Waals surface area contributed by atoms with Gasteiger partial charge < -0.3 is 4.74 Å². The van der Waals surface area contributed by atoms with Gasteiger partial charge in [-0.05, 0) is 0 Å². The second kappa shape index (κ2) is 4.42. The lowest BCUT2D eigenvalue weighted by Crippen LogP contribution is -2.20. The van der Waals surface area contributed by atoms with Crippen LogP contribution in [0.4, 0.5) is 0 Å². The summed E-state index contributed by atoms with van der Waals surface area (Å²) in [5, 5.41) is 16.1. The molecule has 2 N–H and O–H groups in total. The van der Waals surface area contributed by atoms with Crippen LogP contribution in [0, 0.1) is 0 Å². The van der Waals surface area contributed by atoms with Crippen LogP contribution in [0.3, 0.4) is 0 Å². The minimum absolute atomic E-state index is 0.0957. The molecule has 0 saturated carbocycles. The minimum Gasteiger partial charge on any atom is -0.362 e.